The van der Waals surface area contributed by atoms with Crippen molar-refractivity contribution in [2.75, 3.05) is 0 Å². The van der Waals surface area contributed by atoms with E-state index in [9.17, 15) is 0 Å². The molecule has 0 aromatic carbocycles. The second-order valence-corrected chi connectivity index (χ2v) is 6.07. The zero-order valence-corrected chi connectivity index (χ0v) is 11.6. The van der Waals surface area contributed by atoms with Gasteiger partial charge in [0.25, 0.3) is 0 Å². The van der Waals surface area contributed by atoms with Crippen molar-refractivity contribution < 1.29 is 0 Å². The first-order chi connectivity index (χ1) is 7.80. The molecule has 0 bridgehead atoms. The van der Waals surface area contributed by atoms with Crippen molar-refractivity contribution in [3.8, 4) is 0 Å². The largest absolute Gasteiger partial charge is 0.0623 e. The fourth-order valence-corrected chi connectivity index (χ4v) is 2.92. The van der Waals surface area contributed by atoms with Gasteiger partial charge in [-0.2, -0.15) is 0 Å². The first kappa shape index (κ1) is 14.1. The Morgan fingerprint density at radius 1 is 0.438 bits per heavy atom. The minimum Gasteiger partial charge on any atom is -0.0623 e. The predicted molar refractivity (Wildman–Crippen MR) is 73.7 cm³/mol. The van der Waals surface area contributed by atoms with Gasteiger partial charge in [-0.1, -0.05) is 90.9 Å². The Hall–Kier alpha value is 0. The van der Waals surface area contributed by atoms with Crippen LogP contribution in [0.4, 0.5) is 0 Å². The molecule has 0 nitrogen and oxygen atoms in total. The molecule has 0 aromatic rings. The van der Waals surface area contributed by atoms with E-state index in [1.165, 1.54) is 77.0 Å². The van der Waals surface area contributed by atoms with Crippen LogP contribution in [0.2, 0.25) is 0 Å². The van der Waals surface area contributed by atoms with Crippen molar-refractivity contribution in [3.05, 3.63) is 0 Å². The van der Waals surface area contributed by atoms with E-state index in [0.29, 0.717) is 0 Å². The van der Waals surface area contributed by atoms with Gasteiger partial charge in [-0.25, -0.2) is 0 Å². The Morgan fingerprint density at radius 3 is 1.00 bits per heavy atom. The highest BCUT2D eigenvalue weighted by Crippen LogP contribution is 2.24. The van der Waals surface area contributed by atoms with Crippen molar-refractivity contribution in [1.29, 1.82) is 0 Å². The maximum atomic E-state index is 2.47. The van der Waals surface area contributed by atoms with Gasteiger partial charge in [0.15, 0.2) is 0 Å². The third-order valence-corrected chi connectivity index (χ3v) is 4.54. The van der Waals surface area contributed by atoms with Crippen molar-refractivity contribution in [2.24, 2.45) is 11.8 Å². The summed E-state index contributed by atoms with van der Waals surface area (Å²) < 4.78 is 0. The Bertz CT molecular complexity index is 132. The molecule has 2 atom stereocenters. The van der Waals surface area contributed by atoms with E-state index in [4.69, 9.17) is 0 Å². The Labute approximate surface area is 103 Å². The number of hydrogen-bond acceptors (Lipinski definition) is 0. The summed E-state index contributed by atoms with van der Waals surface area (Å²) in [7, 11) is 0. The highest BCUT2D eigenvalue weighted by molar-refractivity contribution is 4.63. The molecule has 0 N–H and O–H groups in total. The first-order valence-corrected chi connectivity index (χ1v) is 7.80. The second kappa shape index (κ2) is 9.07. The van der Waals surface area contributed by atoms with E-state index in [1.54, 1.807) is 0 Å². The van der Waals surface area contributed by atoms with E-state index < -0.39 is 0 Å². The summed E-state index contributed by atoms with van der Waals surface area (Å²) in [5.41, 5.74) is 0. The monoisotopic (exact) mass is 224 g/mol. The van der Waals surface area contributed by atoms with Gasteiger partial charge in [0, 0.05) is 0 Å². The Morgan fingerprint density at radius 2 is 0.688 bits per heavy atom. The maximum absolute atomic E-state index is 2.47. The van der Waals surface area contributed by atoms with E-state index in [2.05, 4.69) is 13.8 Å². The molecule has 0 heteroatoms. The third-order valence-electron chi connectivity index (χ3n) is 4.54. The number of rotatable bonds is 0. The molecule has 0 heterocycles. The molecule has 1 saturated carbocycles. The van der Waals surface area contributed by atoms with Crippen molar-refractivity contribution in [2.45, 2.75) is 90.9 Å². The Balaban J connectivity index is 2.21. The fourth-order valence-electron chi connectivity index (χ4n) is 2.92. The molecular formula is C16H32. The average molecular weight is 224 g/mol. The van der Waals surface area contributed by atoms with Crippen LogP contribution in [0.5, 0.6) is 0 Å². The van der Waals surface area contributed by atoms with Gasteiger partial charge in [0.2, 0.25) is 0 Å². The van der Waals surface area contributed by atoms with Crippen molar-refractivity contribution in [1.82, 2.24) is 0 Å². The summed E-state index contributed by atoms with van der Waals surface area (Å²) in [4.78, 5) is 0. The molecule has 0 aliphatic heterocycles. The Kier molecular flexibility index (Phi) is 7.98. The first-order valence-electron chi connectivity index (χ1n) is 7.80. The quantitative estimate of drug-likeness (QED) is 0.476. The lowest BCUT2D eigenvalue weighted by Crippen LogP contribution is -2.08. The summed E-state index contributed by atoms with van der Waals surface area (Å²) >= 11 is 0. The molecule has 1 fully saturated rings. The van der Waals surface area contributed by atoms with Gasteiger partial charge in [0.05, 0.1) is 0 Å². The van der Waals surface area contributed by atoms with E-state index in [0.717, 1.165) is 11.8 Å². The van der Waals surface area contributed by atoms with Crippen LogP contribution >= 0.6 is 0 Å². The van der Waals surface area contributed by atoms with Gasteiger partial charge in [-0.05, 0) is 11.8 Å². The van der Waals surface area contributed by atoms with Crippen LogP contribution in [0.1, 0.15) is 90.9 Å². The highest BCUT2D eigenvalue weighted by atomic mass is 14.2. The molecule has 0 saturated heterocycles. The molecule has 0 spiro atoms. The molecule has 0 aromatic heterocycles. The van der Waals surface area contributed by atoms with Crippen LogP contribution in [0, 0.1) is 11.8 Å². The molecule has 1 aliphatic carbocycles. The molecule has 1 rings (SSSR count). The molecule has 0 amide bonds. The van der Waals surface area contributed by atoms with Crippen molar-refractivity contribution in [3.63, 3.8) is 0 Å². The van der Waals surface area contributed by atoms with Gasteiger partial charge in [-0.15, -0.1) is 0 Å². The lowest BCUT2D eigenvalue weighted by atomic mass is 9.86. The zero-order chi connectivity index (χ0) is 11.6. The molecule has 1 aliphatic rings. The summed E-state index contributed by atoms with van der Waals surface area (Å²) in [5.74, 6) is 1.92. The van der Waals surface area contributed by atoms with E-state index >= 15 is 0 Å². The maximum Gasteiger partial charge on any atom is -0.0417 e. The topological polar surface area (TPSA) is 0 Å². The molecule has 16 heavy (non-hydrogen) atoms. The minimum absolute atomic E-state index is 0.961. The lowest BCUT2D eigenvalue weighted by molar-refractivity contribution is 0.320. The van der Waals surface area contributed by atoms with E-state index in [1.807, 2.05) is 0 Å². The van der Waals surface area contributed by atoms with Gasteiger partial charge in [0.1, 0.15) is 0 Å². The minimum atomic E-state index is 0.961. The van der Waals surface area contributed by atoms with E-state index in [-0.39, 0.29) is 0 Å². The highest BCUT2D eigenvalue weighted by Gasteiger charge is 2.11. The van der Waals surface area contributed by atoms with Crippen LogP contribution < -0.4 is 0 Å². The normalized spacial score (nSPS) is 31.9. The predicted octanol–water partition coefficient (Wildman–Crippen LogP) is 5.95. The smallest absolute Gasteiger partial charge is 0.0417 e. The van der Waals surface area contributed by atoms with Crippen LogP contribution in [0.25, 0.3) is 0 Å². The SMILES string of the molecule is CC1CCCCCCCCCCCCC1C. The summed E-state index contributed by atoms with van der Waals surface area (Å²) in [6.07, 6.45) is 17.8. The molecule has 0 radical (unpaired) electrons. The standard InChI is InChI=1S/C16H32/c1-15-13-11-9-7-5-3-4-6-8-10-12-14-16(15)2/h15-16H,3-14H2,1-2H3. The number of hydrogen-bond donors (Lipinski definition) is 0. The van der Waals surface area contributed by atoms with Crippen LogP contribution in [-0.2, 0) is 0 Å². The van der Waals surface area contributed by atoms with Crippen molar-refractivity contribution >= 4 is 0 Å². The third kappa shape index (κ3) is 6.55. The van der Waals surface area contributed by atoms with Gasteiger partial charge < -0.3 is 0 Å². The zero-order valence-electron chi connectivity index (χ0n) is 11.6. The average Bonchev–Trinajstić information content (AvgIpc) is 2.29. The molecule has 96 valence electrons. The van der Waals surface area contributed by atoms with Crippen LogP contribution in [-0.4, -0.2) is 0 Å². The van der Waals surface area contributed by atoms with Gasteiger partial charge in [-0.3, -0.25) is 0 Å². The van der Waals surface area contributed by atoms with Crippen LogP contribution in [0.3, 0.4) is 0 Å². The molecule has 2 unspecified atom stereocenters. The summed E-state index contributed by atoms with van der Waals surface area (Å²) in [6, 6.07) is 0. The molecular weight excluding hydrogens is 192 g/mol. The second-order valence-electron chi connectivity index (χ2n) is 6.07. The summed E-state index contributed by atoms with van der Waals surface area (Å²) in [5, 5.41) is 0. The summed E-state index contributed by atoms with van der Waals surface area (Å²) in [6.45, 7) is 4.94. The van der Waals surface area contributed by atoms with Crippen LogP contribution in [0.15, 0.2) is 0 Å². The lowest BCUT2D eigenvalue weighted by Gasteiger charge is -2.20. The fraction of sp³-hybridized carbons (Fsp3) is 1.00. The van der Waals surface area contributed by atoms with Gasteiger partial charge >= 0.3 is 0 Å².